The molecule has 31 heavy (non-hydrogen) atoms. The van der Waals surface area contributed by atoms with Crippen molar-refractivity contribution in [2.24, 2.45) is 0 Å². The van der Waals surface area contributed by atoms with Crippen molar-refractivity contribution in [1.82, 2.24) is 0 Å². The van der Waals surface area contributed by atoms with Crippen molar-refractivity contribution in [2.45, 2.75) is 31.3 Å². The van der Waals surface area contributed by atoms with Crippen molar-refractivity contribution in [2.75, 3.05) is 24.7 Å². The van der Waals surface area contributed by atoms with Gasteiger partial charge in [-0.05, 0) is 42.2 Å². The quantitative estimate of drug-likeness (QED) is 0.630. The summed E-state index contributed by atoms with van der Waals surface area (Å²) in [6.07, 6.45) is 3.29. The van der Waals surface area contributed by atoms with Crippen LogP contribution in [0, 0.1) is 0 Å². The number of ketones is 1. The predicted octanol–water partition coefficient (Wildman–Crippen LogP) is 2.67. The smallest absolute Gasteiger partial charge is 0.268 e. The maximum atomic E-state index is 13.4. The Balaban J connectivity index is 1.44. The third-order valence-electron chi connectivity index (χ3n) is 6.67. The van der Waals surface area contributed by atoms with Crippen LogP contribution in [0.5, 0.6) is 0 Å². The number of likely N-dealkylation sites (tertiary alicyclic amines) is 1. The highest BCUT2D eigenvalue weighted by Crippen LogP contribution is 2.42. The van der Waals surface area contributed by atoms with E-state index in [4.69, 9.17) is 0 Å². The number of piperidine rings is 1. The molecule has 1 saturated heterocycles. The number of benzene rings is 3. The van der Waals surface area contributed by atoms with E-state index in [2.05, 4.69) is 0 Å². The molecule has 158 valence electrons. The second-order valence-electron chi connectivity index (χ2n) is 8.74. The second-order valence-corrected chi connectivity index (χ2v) is 8.74. The topological polar surface area (TPSA) is 62.0 Å². The highest BCUT2D eigenvalue weighted by atomic mass is 16.3. The number of nitrogens with zero attached hydrogens (tertiary/aromatic N) is 1. The number of para-hydroxylation sites is 1. The van der Waals surface area contributed by atoms with Crippen molar-refractivity contribution >= 4 is 28.2 Å². The minimum absolute atomic E-state index is 0.233. The van der Waals surface area contributed by atoms with E-state index < -0.39 is 5.60 Å². The molecule has 3 aromatic rings. The van der Waals surface area contributed by atoms with E-state index in [1.54, 1.807) is 17.0 Å². The van der Waals surface area contributed by atoms with Crippen LogP contribution in [0.25, 0.3) is 10.8 Å². The van der Waals surface area contributed by atoms with Crippen LogP contribution in [-0.2, 0) is 10.4 Å². The van der Waals surface area contributed by atoms with Crippen LogP contribution >= 0.6 is 0 Å². The zero-order chi connectivity index (χ0) is 21.4. The van der Waals surface area contributed by atoms with Crippen molar-refractivity contribution < 1.29 is 19.6 Å². The number of anilines is 1. The number of carbonyl (C=O) groups excluding carboxylic acids is 2. The molecule has 0 radical (unpaired) electrons. The Labute approximate surface area is 181 Å². The molecule has 2 N–H and O–H groups in total. The fourth-order valence-corrected chi connectivity index (χ4v) is 4.97. The third-order valence-corrected chi connectivity index (χ3v) is 6.67. The molecule has 0 aromatic heterocycles. The second kappa shape index (κ2) is 7.91. The molecule has 5 rings (SSSR count). The minimum Gasteiger partial charge on any atom is -0.375 e. The number of carbonyl (C=O) groups is 2. The number of hydrogen-bond donors (Lipinski definition) is 2. The summed E-state index contributed by atoms with van der Waals surface area (Å²) in [4.78, 5) is 29.6. The molecule has 2 aliphatic heterocycles. The summed E-state index contributed by atoms with van der Waals surface area (Å²) >= 11 is 0. The molecule has 5 nitrogen and oxygen atoms in total. The lowest BCUT2D eigenvalue weighted by molar-refractivity contribution is -0.903. The van der Waals surface area contributed by atoms with Crippen molar-refractivity contribution in [3.63, 3.8) is 0 Å². The lowest BCUT2D eigenvalue weighted by atomic mass is 9.88. The standard InChI is InChI=1S/C26H26N2O3/c29-24(21-13-12-19-8-2-3-9-20(19)16-21)17-26(31)22-10-4-5-11-23(22)28(25(26)30)18-27-14-6-1-7-15-27/h2-5,8-13,16,31H,1,6-7,14-15,17-18H2/p+1/t26-/m1/s1. The van der Waals surface area contributed by atoms with Crippen LogP contribution in [0.3, 0.4) is 0 Å². The Bertz CT molecular complexity index is 1150. The number of rotatable bonds is 5. The van der Waals surface area contributed by atoms with E-state index in [9.17, 15) is 14.7 Å². The van der Waals surface area contributed by atoms with Crippen LogP contribution in [0.1, 0.15) is 41.6 Å². The lowest BCUT2D eigenvalue weighted by Gasteiger charge is -2.29. The van der Waals surface area contributed by atoms with Gasteiger partial charge in [0.2, 0.25) is 0 Å². The first-order valence-corrected chi connectivity index (χ1v) is 11.1. The molecule has 1 atom stereocenters. The van der Waals surface area contributed by atoms with Crippen LogP contribution < -0.4 is 9.80 Å². The summed E-state index contributed by atoms with van der Waals surface area (Å²) in [5.41, 5.74) is -0.0587. The average Bonchev–Trinajstić information content (AvgIpc) is 3.01. The summed E-state index contributed by atoms with van der Waals surface area (Å²) in [6.45, 7) is 2.59. The largest absolute Gasteiger partial charge is 0.375 e. The minimum atomic E-state index is -1.82. The van der Waals surface area contributed by atoms with E-state index in [-0.39, 0.29) is 18.1 Å². The Kier molecular flexibility index (Phi) is 5.08. The number of amides is 1. The number of fused-ring (bicyclic) bond motifs is 2. The Morgan fingerprint density at radius 2 is 1.65 bits per heavy atom. The summed E-state index contributed by atoms with van der Waals surface area (Å²) < 4.78 is 0. The zero-order valence-electron chi connectivity index (χ0n) is 17.5. The van der Waals surface area contributed by atoms with Gasteiger partial charge in [-0.1, -0.05) is 54.6 Å². The molecule has 0 saturated carbocycles. The Hall–Kier alpha value is -3.02. The number of aliphatic hydroxyl groups is 1. The number of quaternary nitrogens is 1. The fourth-order valence-electron chi connectivity index (χ4n) is 4.97. The van der Waals surface area contributed by atoms with Gasteiger partial charge in [0.25, 0.3) is 5.91 Å². The van der Waals surface area contributed by atoms with Crippen molar-refractivity contribution in [3.05, 3.63) is 77.9 Å². The van der Waals surface area contributed by atoms with Crippen LogP contribution in [0.2, 0.25) is 0 Å². The van der Waals surface area contributed by atoms with Gasteiger partial charge in [0, 0.05) is 11.1 Å². The molecule has 2 aliphatic rings. The van der Waals surface area contributed by atoms with Gasteiger partial charge in [0.05, 0.1) is 25.2 Å². The third kappa shape index (κ3) is 3.54. The van der Waals surface area contributed by atoms with Gasteiger partial charge in [-0.25, -0.2) is 0 Å². The molecule has 1 fully saturated rings. The van der Waals surface area contributed by atoms with Gasteiger partial charge in [-0.3, -0.25) is 14.5 Å². The predicted molar refractivity (Wildman–Crippen MR) is 120 cm³/mol. The summed E-state index contributed by atoms with van der Waals surface area (Å²) in [6, 6.07) is 20.7. The molecule has 0 unspecified atom stereocenters. The van der Waals surface area contributed by atoms with E-state index in [0.29, 0.717) is 17.8 Å². The maximum absolute atomic E-state index is 13.4. The lowest BCUT2D eigenvalue weighted by Crippen LogP contribution is -3.14. The molecule has 0 bridgehead atoms. The Morgan fingerprint density at radius 3 is 2.45 bits per heavy atom. The summed E-state index contributed by atoms with van der Waals surface area (Å²) in [7, 11) is 0. The first-order valence-electron chi connectivity index (χ1n) is 11.1. The highest BCUT2D eigenvalue weighted by Gasteiger charge is 2.51. The van der Waals surface area contributed by atoms with E-state index in [1.807, 2.05) is 54.6 Å². The average molecular weight is 416 g/mol. The van der Waals surface area contributed by atoms with Gasteiger partial charge >= 0.3 is 0 Å². The monoisotopic (exact) mass is 415 g/mol. The number of Topliss-reactive ketones (excluding diaryl/α,β-unsaturated/α-hetero) is 1. The van der Waals surface area contributed by atoms with Crippen molar-refractivity contribution in [3.8, 4) is 0 Å². The zero-order valence-corrected chi connectivity index (χ0v) is 17.5. The van der Waals surface area contributed by atoms with Crippen molar-refractivity contribution in [1.29, 1.82) is 0 Å². The molecule has 3 aromatic carbocycles. The summed E-state index contributed by atoms with van der Waals surface area (Å²) in [5, 5.41) is 13.6. The van der Waals surface area contributed by atoms with Gasteiger partial charge in [0.15, 0.2) is 18.1 Å². The molecule has 1 amide bonds. The summed E-state index contributed by atoms with van der Waals surface area (Å²) in [5.74, 6) is -0.621. The Morgan fingerprint density at radius 1 is 0.935 bits per heavy atom. The van der Waals surface area contributed by atoms with E-state index in [1.165, 1.54) is 11.3 Å². The first kappa shape index (κ1) is 19.9. The molecule has 5 heteroatoms. The molecular weight excluding hydrogens is 388 g/mol. The number of nitrogens with one attached hydrogen (secondary N) is 1. The molecule has 2 heterocycles. The highest BCUT2D eigenvalue weighted by molar-refractivity contribution is 6.11. The molecule has 0 spiro atoms. The van der Waals surface area contributed by atoms with E-state index in [0.717, 1.165) is 42.4 Å². The van der Waals surface area contributed by atoms with Gasteiger partial charge in [-0.15, -0.1) is 0 Å². The normalized spacial score (nSPS) is 21.5. The fraction of sp³-hybridized carbons (Fsp3) is 0.308. The van der Waals surface area contributed by atoms with Gasteiger partial charge in [-0.2, -0.15) is 0 Å². The van der Waals surface area contributed by atoms with Crippen LogP contribution in [-0.4, -0.2) is 36.6 Å². The van der Waals surface area contributed by atoms with E-state index >= 15 is 0 Å². The molecule has 0 aliphatic carbocycles. The SMILES string of the molecule is O=C(C[C@]1(O)C(=O)N(C[NH+]2CCCCC2)c2ccccc21)c1ccc2ccccc2c1. The first-order chi connectivity index (χ1) is 15.1. The van der Waals surface area contributed by atoms with Crippen LogP contribution in [0.15, 0.2) is 66.7 Å². The van der Waals surface area contributed by atoms with Gasteiger partial charge in [0.1, 0.15) is 0 Å². The maximum Gasteiger partial charge on any atom is 0.268 e. The van der Waals surface area contributed by atoms with Gasteiger partial charge < -0.3 is 10.0 Å². The van der Waals surface area contributed by atoms with Crippen LogP contribution in [0.4, 0.5) is 5.69 Å². The molecular formula is C26H27N2O3+. The number of hydrogen-bond acceptors (Lipinski definition) is 3.